The third-order valence-corrected chi connectivity index (χ3v) is 4.51. The summed E-state index contributed by atoms with van der Waals surface area (Å²) in [5.41, 5.74) is 6.12. The fourth-order valence-corrected chi connectivity index (χ4v) is 2.62. The number of anilines is 1. The van der Waals surface area contributed by atoms with Gasteiger partial charge >= 0.3 is 0 Å². The van der Waals surface area contributed by atoms with Crippen molar-refractivity contribution in [1.29, 1.82) is 0 Å². The average molecular weight is 333 g/mol. The van der Waals surface area contributed by atoms with Crippen molar-refractivity contribution in [3.63, 3.8) is 0 Å². The monoisotopic (exact) mass is 333 g/mol. The number of nitrogens with two attached hydrogens (primary N) is 1. The molecule has 2 rings (SSSR count). The molecule has 0 radical (unpaired) electrons. The largest absolute Gasteiger partial charge is 0.366 e. The van der Waals surface area contributed by atoms with Crippen LogP contribution in [0.3, 0.4) is 0 Å². The minimum Gasteiger partial charge on any atom is -0.366 e. The fraction of sp³-hybridized carbons (Fsp3) is 0.0667. The van der Waals surface area contributed by atoms with Crippen LogP contribution in [-0.2, 0) is 10.0 Å². The normalized spacial score (nSPS) is 11.0. The van der Waals surface area contributed by atoms with Crippen molar-refractivity contribution >= 4 is 27.5 Å². The number of benzene rings is 2. The van der Waals surface area contributed by atoms with E-state index in [-0.39, 0.29) is 10.5 Å². The van der Waals surface area contributed by atoms with E-state index in [4.69, 9.17) is 5.73 Å². The lowest BCUT2D eigenvalue weighted by molar-refractivity contribution is 0.0998. The molecule has 0 bridgehead atoms. The predicted octanol–water partition coefficient (Wildman–Crippen LogP) is 0.946. The third kappa shape index (κ3) is 3.93. The Morgan fingerprint density at radius 1 is 1.00 bits per heavy atom. The van der Waals surface area contributed by atoms with Crippen molar-refractivity contribution in [1.82, 2.24) is 4.72 Å². The van der Waals surface area contributed by atoms with Crippen LogP contribution >= 0.6 is 0 Å². The Balaban J connectivity index is 2.21. The third-order valence-electron chi connectivity index (χ3n) is 3.10. The van der Waals surface area contributed by atoms with Gasteiger partial charge in [-0.05, 0) is 49.5 Å². The molecule has 0 aliphatic rings. The van der Waals surface area contributed by atoms with Crippen molar-refractivity contribution in [3.8, 4) is 0 Å². The number of amides is 2. The van der Waals surface area contributed by atoms with Gasteiger partial charge in [0.25, 0.3) is 5.91 Å². The van der Waals surface area contributed by atoms with Crippen molar-refractivity contribution in [3.05, 3.63) is 59.7 Å². The summed E-state index contributed by atoms with van der Waals surface area (Å²) in [6.07, 6.45) is 0. The highest BCUT2D eigenvalue weighted by atomic mass is 32.2. The van der Waals surface area contributed by atoms with Crippen molar-refractivity contribution in [2.45, 2.75) is 4.90 Å². The number of carbonyl (C=O) groups is 2. The molecule has 120 valence electrons. The van der Waals surface area contributed by atoms with Crippen LogP contribution in [0.2, 0.25) is 0 Å². The van der Waals surface area contributed by atoms with Gasteiger partial charge < -0.3 is 11.1 Å². The summed E-state index contributed by atoms with van der Waals surface area (Å²) < 4.78 is 25.7. The number of sulfonamides is 1. The van der Waals surface area contributed by atoms with Crippen LogP contribution in [0.15, 0.2) is 53.4 Å². The predicted molar refractivity (Wildman–Crippen MR) is 85.6 cm³/mol. The second-order valence-electron chi connectivity index (χ2n) is 4.63. The maximum Gasteiger partial charge on any atom is 0.255 e. The van der Waals surface area contributed by atoms with Crippen LogP contribution in [-0.4, -0.2) is 27.3 Å². The van der Waals surface area contributed by atoms with Gasteiger partial charge in [-0.25, -0.2) is 13.1 Å². The standard InChI is InChI=1S/C15H15N3O4S/c1-17-23(21,22)13-4-2-3-11(9-13)15(20)18-12-7-5-10(6-8-12)14(16)19/h2-9,17H,1H3,(H2,16,19)(H,18,20). The molecule has 0 atom stereocenters. The average Bonchev–Trinajstić information content (AvgIpc) is 2.55. The summed E-state index contributed by atoms with van der Waals surface area (Å²) in [5.74, 6) is -1.03. The number of hydrogen-bond acceptors (Lipinski definition) is 4. The topological polar surface area (TPSA) is 118 Å². The Morgan fingerprint density at radius 2 is 1.65 bits per heavy atom. The summed E-state index contributed by atoms with van der Waals surface area (Å²) >= 11 is 0. The zero-order valence-corrected chi connectivity index (χ0v) is 13.1. The zero-order chi connectivity index (χ0) is 17.0. The molecule has 0 spiro atoms. The lowest BCUT2D eigenvalue weighted by Gasteiger charge is -2.08. The maximum absolute atomic E-state index is 12.2. The van der Waals surface area contributed by atoms with Gasteiger partial charge in [0.1, 0.15) is 0 Å². The van der Waals surface area contributed by atoms with E-state index >= 15 is 0 Å². The molecule has 0 saturated heterocycles. The molecule has 0 saturated carbocycles. The molecule has 0 aromatic heterocycles. The van der Waals surface area contributed by atoms with Crippen LogP contribution in [0.5, 0.6) is 0 Å². The Labute approximate surface area is 133 Å². The van der Waals surface area contributed by atoms with E-state index in [0.717, 1.165) is 0 Å². The Morgan fingerprint density at radius 3 is 2.22 bits per heavy atom. The van der Waals surface area contributed by atoms with Crippen LogP contribution in [0.1, 0.15) is 20.7 Å². The maximum atomic E-state index is 12.2. The van der Waals surface area contributed by atoms with Gasteiger partial charge in [-0.1, -0.05) is 6.07 Å². The first-order valence-electron chi connectivity index (χ1n) is 6.58. The second kappa shape index (κ2) is 6.59. The molecule has 7 nitrogen and oxygen atoms in total. The van der Waals surface area contributed by atoms with Crippen LogP contribution < -0.4 is 15.8 Å². The van der Waals surface area contributed by atoms with Crippen molar-refractivity contribution < 1.29 is 18.0 Å². The minimum absolute atomic E-state index is 0.00303. The number of hydrogen-bond donors (Lipinski definition) is 3. The van der Waals surface area contributed by atoms with Gasteiger partial charge in [0.15, 0.2) is 0 Å². The van der Waals surface area contributed by atoms with Gasteiger partial charge in [-0.15, -0.1) is 0 Å². The van der Waals surface area contributed by atoms with E-state index < -0.39 is 21.8 Å². The first-order chi connectivity index (χ1) is 10.8. The van der Waals surface area contributed by atoms with Crippen molar-refractivity contribution in [2.75, 3.05) is 12.4 Å². The molecule has 2 aromatic carbocycles. The molecular formula is C15H15N3O4S. The van der Waals surface area contributed by atoms with Crippen LogP contribution in [0, 0.1) is 0 Å². The lowest BCUT2D eigenvalue weighted by atomic mass is 10.2. The fourth-order valence-electron chi connectivity index (χ4n) is 1.84. The first-order valence-corrected chi connectivity index (χ1v) is 8.06. The summed E-state index contributed by atoms with van der Waals surface area (Å²) in [6, 6.07) is 11.7. The summed E-state index contributed by atoms with van der Waals surface area (Å²) in [6.45, 7) is 0. The number of primary amides is 1. The van der Waals surface area contributed by atoms with Crippen LogP contribution in [0.4, 0.5) is 5.69 Å². The molecule has 0 fully saturated rings. The van der Waals surface area contributed by atoms with E-state index in [0.29, 0.717) is 11.3 Å². The number of rotatable bonds is 5. The molecule has 0 aliphatic heterocycles. The van der Waals surface area contributed by atoms with Gasteiger partial charge in [0, 0.05) is 16.8 Å². The van der Waals surface area contributed by atoms with E-state index in [1.54, 1.807) is 0 Å². The minimum atomic E-state index is -3.62. The number of nitrogens with one attached hydrogen (secondary N) is 2. The summed E-state index contributed by atoms with van der Waals surface area (Å²) in [4.78, 5) is 23.2. The van der Waals surface area contributed by atoms with Crippen LogP contribution in [0.25, 0.3) is 0 Å². The summed E-state index contributed by atoms with van der Waals surface area (Å²) in [7, 11) is -2.33. The lowest BCUT2D eigenvalue weighted by Crippen LogP contribution is -2.19. The molecule has 2 aromatic rings. The highest BCUT2D eigenvalue weighted by Crippen LogP contribution is 2.14. The summed E-state index contributed by atoms with van der Waals surface area (Å²) in [5, 5.41) is 2.61. The van der Waals surface area contributed by atoms with Gasteiger partial charge in [0.05, 0.1) is 4.90 Å². The first kappa shape index (κ1) is 16.7. The SMILES string of the molecule is CNS(=O)(=O)c1cccc(C(=O)Nc2ccc(C(N)=O)cc2)c1. The Hall–Kier alpha value is -2.71. The number of carbonyl (C=O) groups excluding carboxylic acids is 2. The van der Waals surface area contributed by atoms with E-state index in [9.17, 15) is 18.0 Å². The molecular weight excluding hydrogens is 318 g/mol. The van der Waals surface area contributed by atoms with E-state index in [1.165, 1.54) is 55.6 Å². The molecule has 0 heterocycles. The molecule has 0 unspecified atom stereocenters. The van der Waals surface area contributed by atoms with Gasteiger partial charge in [0.2, 0.25) is 15.9 Å². The molecule has 0 aliphatic carbocycles. The van der Waals surface area contributed by atoms with Crippen molar-refractivity contribution in [2.24, 2.45) is 5.73 Å². The Kier molecular flexibility index (Phi) is 4.77. The molecule has 8 heteroatoms. The molecule has 4 N–H and O–H groups in total. The Bertz CT molecular complexity index is 845. The highest BCUT2D eigenvalue weighted by molar-refractivity contribution is 7.89. The zero-order valence-electron chi connectivity index (χ0n) is 12.2. The van der Waals surface area contributed by atoms with E-state index in [2.05, 4.69) is 10.0 Å². The van der Waals surface area contributed by atoms with E-state index in [1.807, 2.05) is 0 Å². The quantitative estimate of drug-likeness (QED) is 0.754. The van der Waals surface area contributed by atoms with Gasteiger partial charge in [-0.2, -0.15) is 0 Å². The molecule has 23 heavy (non-hydrogen) atoms. The molecule has 2 amide bonds. The van der Waals surface area contributed by atoms with Gasteiger partial charge in [-0.3, -0.25) is 9.59 Å². The highest BCUT2D eigenvalue weighted by Gasteiger charge is 2.14. The second-order valence-corrected chi connectivity index (χ2v) is 6.52. The smallest absolute Gasteiger partial charge is 0.255 e.